The Kier molecular flexibility index (Phi) is 4.00. The van der Waals surface area contributed by atoms with E-state index < -0.39 is 5.60 Å². The number of aliphatic hydroxyl groups is 1. The van der Waals surface area contributed by atoms with Crippen LogP contribution >= 0.6 is 11.6 Å². The van der Waals surface area contributed by atoms with Gasteiger partial charge in [-0.05, 0) is 38.0 Å². The summed E-state index contributed by atoms with van der Waals surface area (Å²) < 4.78 is 5.42. The highest BCUT2D eigenvalue weighted by atomic mass is 35.5. The lowest BCUT2D eigenvalue weighted by Gasteiger charge is -2.18. The zero-order valence-electron chi connectivity index (χ0n) is 9.38. The van der Waals surface area contributed by atoms with Crippen LogP contribution in [0, 0.1) is 0 Å². The molecule has 0 aliphatic rings. The van der Waals surface area contributed by atoms with Gasteiger partial charge in [-0.25, -0.2) is 0 Å². The van der Waals surface area contributed by atoms with Gasteiger partial charge in [0.25, 0.3) is 0 Å². The molecule has 15 heavy (non-hydrogen) atoms. The van der Waals surface area contributed by atoms with E-state index in [0.717, 1.165) is 6.42 Å². The quantitative estimate of drug-likeness (QED) is 0.859. The lowest BCUT2D eigenvalue weighted by molar-refractivity contribution is 0.0285. The number of ether oxygens (including phenoxy) is 1. The summed E-state index contributed by atoms with van der Waals surface area (Å²) in [5.41, 5.74) is 0.336. The van der Waals surface area contributed by atoms with Gasteiger partial charge in [-0.1, -0.05) is 24.6 Å². The molecule has 0 saturated heterocycles. The number of aryl methyl sites for hydroxylation is 1. The second-order valence-electron chi connectivity index (χ2n) is 4.22. The summed E-state index contributed by atoms with van der Waals surface area (Å²) >= 11 is 6.03. The number of benzene rings is 1. The van der Waals surface area contributed by atoms with Gasteiger partial charge in [0.05, 0.1) is 10.6 Å². The molecule has 0 radical (unpaired) electrons. The van der Waals surface area contributed by atoms with Crippen LogP contribution in [0.2, 0.25) is 5.02 Å². The van der Waals surface area contributed by atoms with Crippen LogP contribution < -0.4 is 4.74 Å². The van der Waals surface area contributed by atoms with Gasteiger partial charge in [-0.2, -0.15) is 0 Å². The fourth-order valence-electron chi connectivity index (χ4n) is 1.14. The molecule has 0 fully saturated rings. The minimum atomic E-state index is -0.841. The minimum Gasteiger partial charge on any atom is -0.489 e. The summed E-state index contributed by atoms with van der Waals surface area (Å²) in [6.45, 7) is 5.70. The molecule has 0 aliphatic heterocycles. The molecular formula is C12H17ClO2. The predicted molar refractivity (Wildman–Crippen MR) is 62.6 cm³/mol. The van der Waals surface area contributed by atoms with Crippen molar-refractivity contribution >= 4 is 11.6 Å². The second kappa shape index (κ2) is 4.86. The van der Waals surface area contributed by atoms with Gasteiger partial charge in [-0.3, -0.25) is 0 Å². The van der Waals surface area contributed by atoms with Gasteiger partial charge in [0, 0.05) is 0 Å². The van der Waals surface area contributed by atoms with Crippen molar-refractivity contribution in [2.75, 3.05) is 6.61 Å². The summed E-state index contributed by atoms with van der Waals surface area (Å²) in [6, 6.07) is 5.71. The summed E-state index contributed by atoms with van der Waals surface area (Å²) in [5.74, 6) is 0.621. The maximum atomic E-state index is 9.50. The first-order valence-electron chi connectivity index (χ1n) is 5.06. The van der Waals surface area contributed by atoms with Gasteiger partial charge in [-0.15, -0.1) is 0 Å². The summed E-state index contributed by atoms with van der Waals surface area (Å²) in [5, 5.41) is 10.1. The van der Waals surface area contributed by atoms with E-state index in [2.05, 4.69) is 6.92 Å². The first kappa shape index (κ1) is 12.3. The molecule has 0 spiro atoms. The van der Waals surface area contributed by atoms with Crippen molar-refractivity contribution in [1.82, 2.24) is 0 Å². The van der Waals surface area contributed by atoms with Gasteiger partial charge < -0.3 is 9.84 Å². The maximum absolute atomic E-state index is 9.50. The largest absolute Gasteiger partial charge is 0.489 e. The van der Waals surface area contributed by atoms with E-state index in [1.807, 2.05) is 18.2 Å². The van der Waals surface area contributed by atoms with Gasteiger partial charge in [0.2, 0.25) is 0 Å². The molecule has 0 unspecified atom stereocenters. The Bertz CT molecular complexity index is 329. The van der Waals surface area contributed by atoms with Crippen LogP contribution in [0.5, 0.6) is 5.75 Å². The van der Waals surface area contributed by atoms with Crippen LogP contribution in [0.3, 0.4) is 0 Å². The van der Waals surface area contributed by atoms with E-state index in [1.165, 1.54) is 5.56 Å². The van der Waals surface area contributed by atoms with Crippen LogP contribution in [-0.4, -0.2) is 17.3 Å². The molecule has 2 nitrogen and oxygen atoms in total. The zero-order valence-corrected chi connectivity index (χ0v) is 10.1. The molecule has 0 atom stereocenters. The van der Waals surface area contributed by atoms with E-state index in [9.17, 15) is 5.11 Å². The summed E-state index contributed by atoms with van der Waals surface area (Å²) in [4.78, 5) is 0. The molecule has 3 heteroatoms. The Morgan fingerprint density at radius 2 is 2.07 bits per heavy atom. The van der Waals surface area contributed by atoms with Gasteiger partial charge >= 0.3 is 0 Å². The predicted octanol–water partition coefficient (Wildman–Crippen LogP) is 3.05. The average molecular weight is 229 g/mol. The molecule has 0 amide bonds. The van der Waals surface area contributed by atoms with E-state index >= 15 is 0 Å². The third-order valence-corrected chi connectivity index (χ3v) is 2.28. The molecule has 0 saturated carbocycles. The van der Waals surface area contributed by atoms with Crippen LogP contribution in [0.15, 0.2) is 18.2 Å². The van der Waals surface area contributed by atoms with Crippen molar-refractivity contribution < 1.29 is 9.84 Å². The zero-order chi connectivity index (χ0) is 11.5. The topological polar surface area (TPSA) is 29.5 Å². The third kappa shape index (κ3) is 4.10. The normalized spacial score (nSPS) is 11.5. The van der Waals surface area contributed by atoms with Crippen LogP contribution in [-0.2, 0) is 6.42 Å². The number of hydrogen-bond acceptors (Lipinski definition) is 2. The lowest BCUT2D eigenvalue weighted by Crippen LogP contribution is -2.27. The number of rotatable bonds is 4. The average Bonchev–Trinajstić information content (AvgIpc) is 2.14. The van der Waals surface area contributed by atoms with Crippen molar-refractivity contribution in [2.24, 2.45) is 0 Å². The lowest BCUT2D eigenvalue weighted by atomic mass is 10.1. The molecule has 84 valence electrons. The van der Waals surface area contributed by atoms with Crippen molar-refractivity contribution in [3.05, 3.63) is 28.8 Å². The highest BCUT2D eigenvalue weighted by molar-refractivity contribution is 6.32. The molecule has 1 aromatic rings. The fourth-order valence-corrected chi connectivity index (χ4v) is 1.39. The second-order valence-corrected chi connectivity index (χ2v) is 4.63. The Morgan fingerprint density at radius 1 is 1.40 bits per heavy atom. The minimum absolute atomic E-state index is 0.234. The van der Waals surface area contributed by atoms with Gasteiger partial charge in [0.15, 0.2) is 0 Å². The molecule has 1 rings (SSSR count). The van der Waals surface area contributed by atoms with Gasteiger partial charge in [0.1, 0.15) is 12.4 Å². The standard InChI is InChI=1S/C12H17ClO2/c1-4-9-5-6-11(10(13)7-9)15-8-12(2,3)14/h5-7,14H,4,8H2,1-3H3. The van der Waals surface area contributed by atoms with Crippen molar-refractivity contribution in [1.29, 1.82) is 0 Å². The Balaban J connectivity index is 2.70. The van der Waals surface area contributed by atoms with E-state index in [1.54, 1.807) is 13.8 Å². The smallest absolute Gasteiger partial charge is 0.138 e. The first-order valence-corrected chi connectivity index (χ1v) is 5.44. The van der Waals surface area contributed by atoms with Crippen molar-refractivity contribution in [2.45, 2.75) is 32.8 Å². The fraction of sp³-hybridized carbons (Fsp3) is 0.500. The van der Waals surface area contributed by atoms with Crippen LogP contribution in [0.25, 0.3) is 0 Å². The molecule has 0 aromatic heterocycles. The van der Waals surface area contributed by atoms with Crippen LogP contribution in [0.1, 0.15) is 26.3 Å². The molecule has 0 aliphatic carbocycles. The summed E-state index contributed by atoms with van der Waals surface area (Å²) in [6.07, 6.45) is 0.950. The highest BCUT2D eigenvalue weighted by Gasteiger charge is 2.14. The Morgan fingerprint density at radius 3 is 2.53 bits per heavy atom. The molecular weight excluding hydrogens is 212 g/mol. The third-order valence-electron chi connectivity index (χ3n) is 1.99. The first-order chi connectivity index (χ1) is 6.92. The number of hydrogen-bond donors (Lipinski definition) is 1. The maximum Gasteiger partial charge on any atom is 0.138 e. The Hall–Kier alpha value is -0.730. The molecule has 0 heterocycles. The highest BCUT2D eigenvalue weighted by Crippen LogP contribution is 2.26. The Labute approximate surface area is 95.8 Å². The summed E-state index contributed by atoms with van der Waals surface area (Å²) in [7, 11) is 0. The SMILES string of the molecule is CCc1ccc(OCC(C)(C)O)c(Cl)c1. The van der Waals surface area contributed by atoms with Crippen molar-refractivity contribution in [3.63, 3.8) is 0 Å². The number of halogens is 1. The molecule has 0 bridgehead atoms. The van der Waals surface area contributed by atoms with E-state index in [0.29, 0.717) is 10.8 Å². The van der Waals surface area contributed by atoms with Crippen LogP contribution in [0.4, 0.5) is 0 Å². The van der Waals surface area contributed by atoms with Crippen molar-refractivity contribution in [3.8, 4) is 5.75 Å². The molecule has 1 aromatic carbocycles. The monoisotopic (exact) mass is 228 g/mol. The van der Waals surface area contributed by atoms with E-state index in [-0.39, 0.29) is 6.61 Å². The molecule has 1 N–H and O–H groups in total. The van der Waals surface area contributed by atoms with E-state index in [4.69, 9.17) is 16.3 Å².